The molecule has 0 N–H and O–H groups in total. The van der Waals surface area contributed by atoms with Crippen molar-refractivity contribution in [2.75, 3.05) is 13.4 Å². The Kier molecular flexibility index (Phi) is 6.55. The molecule has 3 aromatic rings. The molecule has 0 saturated heterocycles. The molecule has 5 rings (SSSR count). The van der Waals surface area contributed by atoms with Gasteiger partial charge in [-0.3, -0.25) is 9.36 Å². The maximum Gasteiger partial charge on any atom is 0.434 e. The first-order chi connectivity index (χ1) is 17.6. The number of rotatable bonds is 4. The number of nitrogens with zero attached hydrogens (tertiary/aromatic N) is 2. The van der Waals surface area contributed by atoms with Gasteiger partial charge in [0, 0.05) is 11.1 Å². The molecule has 3 heterocycles. The molecule has 2 aliphatic rings. The summed E-state index contributed by atoms with van der Waals surface area (Å²) in [7, 11) is 0. The Hall–Kier alpha value is -3.28. The molecule has 0 bridgehead atoms. The van der Waals surface area contributed by atoms with Crippen LogP contribution in [0.5, 0.6) is 11.5 Å². The molecular formula is C24H15Cl2F3N2O5S. The summed E-state index contributed by atoms with van der Waals surface area (Å²) in [5, 5.41) is 0.568. The first kappa shape index (κ1) is 25.4. The molecule has 192 valence electrons. The summed E-state index contributed by atoms with van der Waals surface area (Å²) in [6.07, 6.45) is -3.57. The average molecular weight is 571 g/mol. The summed E-state index contributed by atoms with van der Waals surface area (Å²) >= 11 is 13.0. The molecule has 1 aromatic heterocycles. The zero-order chi connectivity index (χ0) is 26.5. The van der Waals surface area contributed by atoms with Crippen LogP contribution in [0.25, 0.3) is 6.08 Å². The second kappa shape index (κ2) is 9.55. The number of halogens is 5. The zero-order valence-electron chi connectivity index (χ0n) is 18.8. The van der Waals surface area contributed by atoms with Crippen LogP contribution in [0.1, 0.15) is 24.1 Å². The highest BCUT2D eigenvalue weighted by Gasteiger charge is 2.45. The lowest BCUT2D eigenvalue weighted by atomic mass is 9.95. The quantitative estimate of drug-likeness (QED) is 0.435. The number of aromatic nitrogens is 1. The summed E-state index contributed by atoms with van der Waals surface area (Å²) in [6, 6.07) is 7.41. The Labute approximate surface area is 220 Å². The van der Waals surface area contributed by atoms with Gasteiger partial charge in [-0.05, 0) is 42.3 Å². The molecule has 0 saturated carbocycles. The Morgan fingerprint density at radius 1 is 1.22 bits per heavy atom. The SMILES string of the molecule is CCOC(=O)C1=C(C(F)(F)F)N=c2s/c(=C\c3cc4c(cc3Cl)OCO4)c(=O)n2[C@@H]1c1ccc(Cl)cc1. The number of carbonyl (C=O) groups excluding carboxylic acids is 1. The van der Waals surface area contributed by atoms with Crippen LogP contribution in [0.3, 0.4) is 0 Å². The molecule has 0 amide bonds. The molecular weight excluding hydrogens is 556 g/mol. The lowest BCUT2D eigenvalue weighted by molar-refractivity contribution is -0.140. The van der Waals surface area contributed by atoms with Gasteiger partial charge in [-0.15, -0.1) is 0 Å². The first-order valence-corrected chi connectivity index (χ1v) is 12.3. The topological polar surface area (TPSA) is 79.1 Å². The van der Waals surface area contributed by atoms with Gasteiger partial charge in [-0.1, -0.05) is 46.7 Å². The molecule has 0 aliphatic carbocycles. The average Bonchev–Trinajstić information content (AvgIpc) is 3.42. The van der Waals surface area contributed by atoms with Crippen molar-refractivity contribution in [3.8, 4) is 11.5 Å². The molecule has 0 unspecified atom stereocenters. The summed E-state index contributed by atoms with van der Waals surface area (Å²) in [6.45, 7) is 1.30. The lowest BCUT2D eigenvalue weighted by Gasteiger charge is -2.26. The van der Waals surface area contributed by atoms with Gasteiger partial charge >= 0.3 is 12.1 Å². The highest BCUT2D eigenvalue weighted by molar-refractivity contribution is 7.07. The fraction of sp³-hybridized carbons (Fsp3) is 0.208. The second-order valence-electron chi connectivity index (χ2n) is 7.84. The molecule has 13 heteroatoms. The molecule has 0 fully saturated rings. The van der Waals surface area contributed by atoms with Gasteiger partial charge in [0.15, 0.2) is 22.0 Å². The van der Waals surface area contributed by atoms with Crippen LogP contribution in [0.15, 0.2) is 57.5 Å². The first-order valence-electron chi connectivity index (χ1n) is 10.7. The van der Waals surface area contributed by atoms with Crippen LogP contribution in [0, 0.1) is 0 Å². The van der Waals surface area contributed by atoms with E-state index in [1.807, 2.05) is 0 Å². The van der Waals surface area contributed by atoms with Gasteiger partial charge in [0.25, 0.3) is 5.56 Å². The Bertz CT molecular complexity index is 1630. The number of hydrogen-bond donors (Lipinski definition) is 0. The summed E-state index contributed by atoms with van der Waals surface area (Å²) in [5.41, 5.74) is -2.28. The van der Waals surface area contributed by atoms with Crippen LogP contribution < -0.4 is 24.4 Å². The van der Waals surface area contributed by atoms with Crippen LogP contribution in [-0.4, -0.2) is 30.1 Å². The number of alkyl halides is 3. The number of ether oxygens (including phenoxy) is 3. The number of esters is 1. The molecule has 2 aliphatic heterocycles. The minimum absolute atomic E-state index is 0.00918. The summed E-state index contributed by atoms with van der Waals surface area (Å²) in [5.74, 6) is -0.390. The minimum atomic E-state index is -5.00. The van der Waals surface area contributed by atoms with E-state index in [9.17, 15) is 22.8 Å². The Morgan fingerprint density at radius 2 is 1.89 bits per heavy atom. The van der Waals surface area contributed by atoms with Gasteiger partial charge in [0.1, 0.15) is 0 Å². The van der Waals surface area contributed by atoms with Crippen LogP contribution >= 0.6 is 34.5 Å². The zero-order valence-corrected chi connectivity index (χ0v) is 21.1. The number of fused-ring (bicyclic) bond motifs is 2. The van der Waals surface area contributed by atoms with E-state index in [-0.39, 0.29) is 33.3 Å². The number of allylic oxidation sites excluding steroid dienone is 1. The van der Waals surface area contributed by atoms with Gasteiger partial charge in [0.05, 0.1) is 27.8 Å². The van der Waals surface area contributed by atoms with Crippen LogP contribution in [-0.2, 0) is 9.53 Å². The van der Waals surface area contributed by atoms with Crippen molar-refractivity contribution in [3.05, 3.63) is 88.5 Å². The summed E-state index contributed by atoms with van der Waals surface area (Å²) in [4.78, 5) is 29.9. The van der Waals surface area contributed by atoms with Crippen molar-refractivity contribution in [3.63, 3.8) is 0 Å². The monoisotopic (exact) mass is 570 g/mol. The maximum atomic E-state index is 14.2. The predicted molar refractivity (Wildman–Crippen MR) is 130 cm³/mol. The predicted octanol–water partition coefficient (Wildman–Crippen LogP) is 4.38. The smallest absolute Gasteiger partial charge is 0.434 e. The summed E-state index contributed by atoms with van der Waals surface area (Å²) < 4.78 is 59.1. The molecule has 2 aromatic carbocycles. The van der Waals surface area contributed by atoms with E-state index < -0.39 is 35.0 Å². The third-order valence-electron chi connectivity index (χ3n) is 5.56. The number of carbonyl (C=O) groups is 1. The molecule has 37 heavy (non-hydrogen) atoms. The van der Waals surface area contributed by atoms with E-state index >= 15 is 0 Å². The highest BCUT2D eigenvalue weighted by Crippen LogP contribution is 2.39. The van der Waals surface area contributed by atoms with E-state index in [4.69, 9.17) is 37.4 Å². The van der Waals surface area contributed by atoms with Crippen molar-refractivity contribution >= 4 is 46.6 Å². The van der Waals surface area contributed by atoms with Crippen molar-refractivity contribution in [2.45, 2.75) is 19.1 Å². The Balaban J connectivity index is 1.78. The van der Waals surface area contributed by atoms with E-state index in [0.29, 0.717) is 22.1 Å². The van der Waals surface area contributed by atoms with Crippen LogP contribution in [0.2, 0.25) is 10.0 Å². The maximum absolute atomic E-state index is 14.2. The Morgan fingerprint density at radius 3 is 2.54 bits per heavy atom. The molecule has 0 spiro atoms. The van der Waals surface area contributed by atoms with E-state index in [1.165, 1.54) is 43.3 Å². The molecule has 0 radical (unpaired) electrons. The van der Waals surface area contributed by atoms with Crippen LogP contribution in [0.4, 0.5) is 13.2 Å². The van der Waals surface area contributed by atoms with Gasteiger partial charge in [0.2, 0.25) is 6.79 Å². The van der Waals surface area contributed by atoms with Crippen molar-refractivity contribution in [2.24, 2.45) is 4.99 Å². The largest absolute Gasteiger partial charge is 0.463 e. The van der Waals surface area contributed by atoms with E-state index in [2.05, 4.69) is 4.99 Å². The minimum Gasteiger partial charge on any atom is -0.463 e. The third-order valence-corrected chi connectivity index (χ3v) is 7.12. The van der Waals surface area contributed by atoms with Crippen molar-refractivity contribution in [1.29, 1.82) is 0 Å². The molecule has 7 nitrogen and oxygen atoms in total. The lowest BCUT2D eigenvalue weighted by Crippen LogP contribution is -2.41. The van der Waals surface area contributed by atoms with Gasteiger partial charge in [-0.25, -0.2) is 9.79 Å². The normalized spacial score (nSPS) is 17.0. The number of benzene rings is 2. The fourth-order valence-corrected chi connectivity index (χ4v) is 5.31. The number of hydrogen-bond acceptors (Lipinski definition) is 7. The molecule has 1 atom stereocenters. The highest BCUT2D eigenvalue weighted by atomic mass is 35.5. The van der Waals surface area contributed by atoms with Gasteiger partial charge < -0.3 is 14.2 Å². The van der Waals surface area contributed by atoms with Gasteiger partial charge in [-0.2, -0.15) is 13.2 Å². The van der Waals surface area contributed by atoms with Crippen molar-refractivity contribution < 1.29 is 32.2 Å². The second-order valence-corrected chi connectivity index (χ2v) is 9.69. The van der Waals surface area contributed by atoms with E-state index in [0.717, 1.165) is 15.9 Å². The number of thiazole rings is 1. The standard InChI is InChI=1S/C24H15Cl2F3N2O5S/c1-2-34-22(33)18-19(11-3-5-13(25)6-4-11)31-21(32)17(37-23(31)30-20(18)24(27,28)29)8-12-7-15-16(9-14(12)26)36-10-35-15/h3-9,19H,2,10H2,1H3/b17-8-/t19-/m1/s1. The third kappa shape index (κ3) is 4.62. The fourth-order valence-electron chi connectivity index (χ4n) is 3.99. The van der Waals surface area contributed by atoms with Crippen molar-refractivity contribution in [1.82, 2.24) is 4.57 Å². The van der Waals surface area contributed by atoms with E-state index in [1.54, 1.807) is 6.07 Å².